The summed E-state index contributed by atoms with van der Waals surface area (Å²) in [7, 11) is 1.82. The molecule has 0 amide bonds. The summed E-state index contributed by atoms with van der Waals surface area (Å²) in [4.78, 5) is 0. The molecule has 0 atom stereocenters. The number of aromatic nitrogens is 2. The Morgan fingerprint density at radius 1 is 1.45 bits per heavy atom. The molecule has 6 heteroatoms. The van der Waals surface area contributed by atoms with Gasteiger partial charge in [0.1, 0.15) is 17.5 Å². The normalized spacial score (nSPS) is 10.8. The highest BCUT2D eigenvalue weighted by Gasteiger charge is 2.13. The lowest BCUT2D eigenvalue weighted by Gasteiger charge is -2.11. The van der Waals surface area contributed by atoms with E-state index in [1.54, 1.807) is 4.68 Å². The third-order valence-electron chi connectivity index (χ3n) is 3.08. The van der Waals surface area contributed by atoms with Crippen LogP contribution in [0, 0.1) is 6.92 Å². The van der Waals surface area contributed by atoms with Crippen LogP contribution in [0.3, 0.4) is 0 Å². The molecule has 0 saturated carbocycles. The van der Waals surface area contributed by atoms with E-state index in [9.17, 15) is 0 Å². The smallest absolute Gasteiger partial charge is 0.133 e. The zero-order valence-corrected chi connectivity index (χ0v) is 13.8. The van der Waals surface area contributed by atoms with Gasteiger partial charge in [-0.3, -0.25) is 4.68 Å². The molecule has 20 heavy (non-hydrogen) atoms. The topological polar surface area (TPSA) is 53.1 Å². The standard InChI is InChI=1S/C14H17BrClN3O/c1-9-12(14(16)19(2)18-9)8-20-13-4-3-11(15)7-10(13)5-6-17/h3-4,7H,5-6,8,17H2,1-2H3. The molecule has 0 saturated heterocycles. The van der Waals surface area contributed by atoms with E-state index in [0.29, 0.717) is 18.3 Å². The van der Waals surface area contributed by atoms with E-state index in [4.69, 9.17) is 22.1 Å². The largest absolute Gasteiger partial charge is 0.488 e. The first-order valence-corrected chi connectivity index (χ1v) is 7.49. The lowest BCUT2D eigenvalue weighted by molar-refractivity contribution is 0.302. The van der Waals surface area contributed by atoms with E-state index < -0.39 is 0 Å². The van der Waals surface area contributed by atoms with Gasteiger partial charge in [-0.2, -0.15) is 5.10 Å². The van der Waals surface area contributed by atoms with Crippen molar-refractivity contribution in [1.82, 2.24) is 9.78 Å². The molecular formula is C14H17BrClN3O. The van der Waals surface area contributed by atoms with E-state index in [1.165, 1.54) is 0 Å². The third kappa shape index (κ3) is 3.34. The molecule has 0 bridgehead atoms. The summed E-state index contributed by atoms with van der Waals surface area (Å²) in [6.45, 7) is 2.91. The molecule has 2 N–H and O–H groups in total. The van der Waals surface area contributed by atoms with Crippen molar-refractivity contribution in [2.24, 2.45) is 12.8 Å². The van der Waals surface area contributed by atoms with Gasteiger partial charge in [0.25, 0.3) is 0 Å². The first-order chi connectivity index (χ1) is 9.52. The number of rotatable bonds is 5. The van der Waals surface area contributed by atoms with Gasteiger partial charge >= 0.3 is 0 Å². The number of benzene rings is 1. The van der Waals surface area contributed by atoms with E-state index in [0.717, 1.165) is 33.5 Å². The Kier molecular flexibility index (Phi) is 5.07. The molecule has 0 unspecified atom stereocenters. The van der Waals surface area contributed by atoms with Crippen LogP contribution in [0.15, 0.2) is 22.7 Å². The monoisotopic (exact) mass is 357 g/mol. The molecule has 0 spiro atoms. The quantitative estimate of drug-likeness (QED) is 0.893. The summed E-state index contributed by atoms with van der Waals surface area (Å²) in [6.07, 6.45) is 0.772. The van der Waals surface area contributed by atoms with Crippen LogP contribution in [0.2, 0.25) is 5.15 Å². The van der Waals surface area contributed by atoms with Crippen molar-refractivity contribution in [1.29, 1.82) is 0 Å². The van der Waals surface area contributed by atoms with Gasteiger partial charge in [0.15, 0.2) is 0 Å². The van der Waals surface area contributed by atoms with E-state index >= 15 is 0 Å². The van der Waals surface area contributed by atoms with Crippen molar-refractivity contribution >= 4 is 27.5 Å². The lowest BCUT2D eigenvalue weighted by Crippen LogP contribution is -2.06. The van der Waals surface area contributed by atoms with Crippen LogP contribution in [0.4, 0.5) is 0 Å². The van der Waals surface area contributed by atoms with Crippen molar-refractivity contribution in [2.75, 3.05) is 6.54 Å². The predicted molar refractivity (Wildman–Crippen MR) is 84.2 cm³/mol. The molecule has 108 valence electrons. The third-order valence-corrected chi connectivity index (χ3v) is 4.04. The van der Waals surface area contributed by atoms with Gasteiger partial charge in [0.05, 0.1) is 5.69 Å². The second-order valence-corrected chi connectivity index (χ2v) is 5.83. The Labute approximate surface area is 132 Å². The highest BCUT2D eigenvalue weighted by Crippen LogP contribution is 2.26. The Hall–Kier alpha value is -1.04. The molecule has 0 aliphatic carbocycles. The van der Waals surface area contributed by atoms with Crippen LogP contribution in [0.1, 0.15) is 16.8 Å². The van der Waals surface area contributed by atoms with Gasteiger partial charge in [-0.05, 0) is 43.7 Å². The highest BCUT2D eigenvalue weighted by atomic mass is 79.9. The van der Waals surface area contributed by atoms with Gasteiger partial charge in [-0.25, -0.2) is 0 Å². The maximum Gasteiger partial charge on any atom is 0.133 e. The molecule has 2 aromatic rings. The molecule has 1 aromatic carbocycles. The van der Waals surface area contributed by atoms with E-state index in [1.807, 2.05) is 32.2 Å². The van der Waals surface area contributed by atoms with Gasteiger partial charge in [0.2, 0.25) is 0 Å². The van der Waals surface area contributed by atoms with Crippen LogP contribution in [-0.2, 0) is 20.1 Å². The van der Waals surface area contributed by atoms with Crippen LogP contribution in [-0.4, -0.2) is 16.3 Å². The van der Waals surface area contributed by atoms with Crippen molar-refractivity contribution in [3.63, 3.8) is 0 Å². The van der Waals surface area contributed by atoms with Gasteiger partial charge in [0, 0.05) is 17.1 Å². The Balaban J connectivity index is 2.18. The van der Waals surface area contributed by atoms with Crippen molar-refractivity contribution in [3.05, 3.63) is 44.6 Å². The number of aryl methyl sites for hydroxylation is 2. The molecule has 1 heterocycles. The Morgan fingerprint density at radius 2 is 2.20 bits per heavy atom. The summed E-state index contributed by atoms with van der Waals surface area (Å²) in [5.41, 5.74) is 8.51. The fraction of sp³-hybridized carbons (Fsp3) is 0.357. The molecule has 4 nitrogen and oxygen atoms in total. The summed E-state index contributed by atoms with van der Waals surface area (Å²) in [6, 6.07) is 5.92. The summed E-state index contributed by atoms with van der Waals surface area (Å²) in [5, 5.41) is 4.88. The number of nitrogens with zero attached hydrogens (tertiary/aromatic N) is 2. The fourth-order valence-electron chi connectivity index (χ4n) is 2.03. The predicted octanol–water partition coefficient (Wildman–Crippen LogP) is 3.22. The zero-order chi connectivity index (χ0) is 14.7. The Bertz CT molecular complexity index is 613. The average Bonchev–Trinajstić information content (AvgIpc) is 2.64. The zero-order valence-electron chi connectivity index (χ0n) is 11.5. The number of hydrogen-bond donors (Lipinski definition) is 1. The molecule has 0 fully saturated rings. The van der Waals surface area contributed by atoms with Crippen LogP contribution in [0.5, 0.6) is 5.75 Å². The minimum absolute atomic E-state index is 0.401. The maximum absolute atomic E-state index is 6.20. The molecule has 1 aromatic heterocycles. The van der Waals surface area contributed by atoms with Crippen molar-refractivity contribution < 1.29 is 4.74 Å². The molecule has 0 radical (unpaired) electrons. The Morgan fingerprint density at radius 3 is 2.80 bits per heavy atom. The van der Waals surface area contributed by atoms with Crippen molar-refractivity contribution in [3.8, 4) is 5.75 Å². The maximum atomic E-state index is 6.20. The van der Waals surface area contributed by atoms with Gasteiger partial charge in [-0.15, -0.1) is 0 Å². The van der Waals surface area contributed by atoms with Crippen molar-refractivity contribution in [2.45, 2.75) is 20.0 Å². The highest BCUT2D eigenvalue weighted by molar-refractivity contribution is 9.10. The average molecular weight is 359 g/mol. The van der Waals surface area contributed by atoms with E-state index in [-0.39, 0.29) is 0 Å². The van der Waals surface area contributed by atoms with E-state index in [2.05, 4.69) is 21.0 Å². The molecule has 2 rings (SSSR count). The first kappa shape index (κ1) is 15.4. The molecule has 0 aliphatic rings. The minimum Gasteiger partial charge on any atom is -0.488 e. The number of nitrogens with two attached hydrogens (primary N) is 1. The number of hydrogen-bond acceptors (Lipinski definition) is 3. The lowest BCUT2D eigenvalue weighted by atomic mass is 10.1. The van der Waals surface area contributed by atoms with Crippen LogP contribution < -0.4 is 10.5 Å². The van der Waals surface area contributed by atoms with Gasteiger partial charge in [-0.1, -0.05) is 27.5 Å². The second-order valence-electron chi connectivity index (χ2n) is 4.56. The van der Waals surface area contributed by atoms with Crippen LogP contribution in [0.25, 0.3) is 0 Å². The minimum atomic E-state index is 0.401. The first-order valence-electron chi connectivity index (χ1n) is 6.32. The summed E-state index contributed by atoms with van der Waals surface area (Å²) >= 11 is 9.66. The van der Waals surface area contributed by atoms with Crippen LogP contribution >= 0.6 is 27.5 Å². The molecule has 0 aliphatic heterocycles. The summed E-state index contributed by atoms with van der Waals surface area (Å²) in [5.74, 6) is 0.831. The fourth-order valence-corrected chi connectivity index (χ4v) is 2.67. The number of halogens is 2. The van der Waals surface area contributed by atoms with Gasteiger partial charge < -0.3 is 10.5 Å². The number of ether oxygens (including phenoxy) is 1. The molecular weight excluding hydrogens is 342 g/mol. The second kappa shape index (κ2) is 6.61. The SMILES string of the molecule is Cc1nn(C)c(Cl)c1COc1ccc(Br)cc1CCN. The summed E-state index contributed by atoms with van der Waals surface area (Å²) < 4.78 is 8.56.